The first-order chi connectivity index (χ1) is 13.1. The third-order valence-electron chi connectivity index (χ3n) is 5.04. The van der Waals surface area contributed by atoms with Gasteiger partial charge in [0.1, 0.15) is 0 Å². The van der Waals surface area contributed by atoms with Crippen LogP contribution >= 0.6 is 0 Å². The molecule has 28 heavy (non-hydrogen) atoms. The third kappa shape index (κ3) is 5.53. The summed E-state index contributed by atoms with van der Waals surface area (Å²) in [5.41, 5.74) is 1.15. The van der Waals surface area contributed by atoms with Gasteiger partial charge in [-0.1, -0.05) is 6.07 Å². The van der Waals surface area contributed by atoms with Crippen molar-refractivity contribution in [1.82, 2.24) is 14.5 Å². The van der Waals surface area contributed by atoms with Gasteiger partial charge in [0.15, 0.2) is 0 Å². The predicted molar refractivity (Wildman–Crippen MR) is 110 cm³/mol. The summed E-state index contributed by atoms with van der Waals surface area (Å²) in [6, 6.07) is 5.52. The molecule has 0 radical (unpaired) electrons. The summed E-state index contributed by atoms with van der Waals surface area (Å²) in [4.78, 5) is 15.1. The lowest BCUT2D eigenvalue weighted by molar-refractivity contribution is 0.0730. The van der Waals surface area contributed by atoms with Gasteiger partial charge in [0, 0.05) is 43.8 Å². The van der Waals surface area contributed by atoms with Crippen molar-refractivity contribution in [1.29, 1.82) is 0 Å². The molecule has 1 heterocycles. The van der Waals surface area contributed by atoms with Gasteiger partial charge in [-0.25, -0.2) is 8.42 Å². The van der Waals surface area contributed by atoms with Crippen molar-refractivity contribution in [2.45, 2.75) is 51.6 Å². The van der Waals surface area contributed by atoms with Gasteiger partial charge in [-0.2, -0.15) is 4.31 Å². The summed E-state index contributed by atoms with van der Waals surface area (Å²) in [6.45, 7) is 13.0. The molecule has 1 aliphatic heterocycles. The number of ether oxygens (including phenoxy) is 1. The number of nitrogens with one attached hydrogen (secondary N) is 1. The number of carbonyl (C=O) groups excluding carboxylic acids is 1. The van der Waals surface area contributed by atoms with Gasteiger partial charge in [0.25, 0.3) is 5.91 Å². The minimum Gasteiger partial charge on any atom is -0.379 e. The smallest absolute Gasteiger partial charge is 0.251 e. The SMILES string of the molecule is Cc1ccc(S(=O)(=O)N2CCOCC2)cc1C(=O)NCCN(C(C)C)C(C)C. The Morgan fingerprint density at radius 1 is 1.18 bits per heavy atom. The number of nitrogens with zero attached hydrogens (tertiary/aromatic N) is 2. The predicted octanol–water partition coefficient (Wildman–Crippen LogP) is 1.86. The fourth-order valence-electron chi connectivity index (χ4n) is 3.45. The molecule has 7 nitrogen and oxygen atoms in total. The van der Waals surface area contributed by atoms with Gasteiger partial charge < -0.3 is 10.1 Å². The molecule has 1 saturated heterocycles. The monoisotopic (exact) mass is 411 g/mol. The third-order valence-corrected chi connectivity index (χ3v) is 6.94. The Hall–Kier alpha value is -1.48. The van der Waals surface area contributed by atoms with Gasteiger partial charge in [0.2, 0.25) is 10.0 Å². The highest BCUT2D eigenvalue weighted by molar-refractivity contribution is 7.89. The maximum absolute atomic E-state index is 12.9. The summed E-state index contributed by atoms with van der Waals surface area (Å²) < 4.78 is 32.4. The minimum atomic E-state index is -3.63. The van der Waals surface area contributed by atoms with Crippen molar-refractivity contribution in [3.63, 3.8) is 0 Å². The number of carbonyl (C=O) groups is 1. The highest BCUT2D eigenvalue weighted by Gasteiger charge is 2.27. The number of hydrogen-bond acceptors (Lipinski definition) is 5. The van der Waals surface area contributed by atoms with Crippen LogP contribution in [0.5, 0.6) is 0 Å². The number of morpholine rings is 1. The summed E-state index contributed by atoms with van der Waals surface area (Å²) >= 11 is 0. The topological polar surface area (TPSA) is 78.9 Å². The molecule has 0 aliphatic carbocycles. The van der Waals surface area contributed by atoms with E-state index in [1.165, 1.54) is 10.4 Å². The molecule has 0 atom stereocenters. The molecule has 0 unspecified atom stereocenters. The van der Waals surface area contributed by atoms with Crippen molar-refractivity contribution in [3.05, 3.63) is 29.3 Å². The Morgan fingerprint density at radius 2 is 1.79 bits per heavy atom. The van der Waals surface area contributed by atoms with Gasteiger partial charge in [-0.05, 0) is 52.3 Å². The van der Waals surface area contributed by atoms with Crippen molar-refractivity contribution in [3.8, 4) is 0 Å². The van der Waals surface area contributed by atoms with E-state index in [4.69, 9.17) is 4.74 Å². The van der Waals surface area contributed by atoms with Crippen LogP contribution in [0.15, 0.2) is 23.1 Å². The molecule has 1 aromatic rings. The first-order valence-corrected chi connectivity index (χ1v) is 11.3. The van der Waals surface area contributed by atoms with E-state index in [2.05, 4.69) is 37.9 Å². The fourth-order valence-corrected chi connectivity index (χ4v) is 4.88. The summed E-state index contributed by atoms with van der Waals surface area (Å²) in [5, 5.41) is 2.93. The lowest BCUT2D eigenvalue weighted by Crippen LogP contribution is -2.42. The van der Waals surface area contributed by atoms with Gasteiger partial charge in [-0.15, -0.1) is 0 Å². The van der Waals surface area contributed by atoms with Crippen LogP contribution in [0.1, 0.15) is 43.6 Å². The molecule has 0 saturated carbocycles. The second kappa shape index (κ2) is 9.82. The molecule has 1 amide bonds. The van der Waals surface area contributed by atoms with E-state index in [-0.39, 0.29) is 10.8 Å². The van der Waals surface area contributed by atoms with Crippen molar-refractivity contribution in [2.24, 2.45) is 0 Å². The zero-order valence-corrected chi connectivity index (χ0v) is 18.4. The number of amides is 1. The Bertz CT molecular complexity index is 764. The van der Waals surface area contributed by atoms with Crippen molar-refractivity contribution >= 4 is 15.9 Å². The Labute approximate surface area is 169 Å². The maximum atomic E-state index is 12.9. The van der Waals surface area contributed by atoms with Crippen LogP contribution in [0.4, 0.5) is 0 Å². The van der Waals surface area contributed by atoms with E-state index in [9.17, 15) is 13.2 Å². The molecule has 0 bridgehead atoms. The van der Waals surface area contributed by atoms with E-state index >= 15 is 0 Å². The molecule has 0 aromatic heterocycles. The zero-order valence-electron chi connectivity index (χ0n) is 17.6. The number of rotatable bonds is 8. The van der Waals surface area contributed by atoms with Crippen LogP contribution < -0.4 is 5.32 Å². The van der Waals surface area contributed by atoms with Crippen LogP contribution in [-0.2, 0) is 14.8 Å². The molecular formula is C20H33N3O4S. The van der Waals surface area contributed by atoms with Crippen LogP contribution in [0.2, 0.25) is 0 Å². The first kappa shape index (κ1) is 22.8. The standard InChI is InChI=1S/C20H33N3O4S/c1-15(2)23(16(3)4)9-8-21-20(24)19-14-18(7-6-17(19)5)28(25,26)22-10-12-27-13-11-22/h6-7,14-16H,8-13H2,1-5H3,(H,21,24). The number of hydrogen-bond donors (Lipinski definition) is 1. The minimum absolute atomic E-state index is 0.149. The van der Waals surface area contributed by atoms with E-state index in [1.807, 2.05) is 6.92 Å². The van der Waals surface area contributed by atoms with Crippen molar-refractivity contribution in [2.75, 3.05) is 39.4 Å². The van der Waals surface area contributed by atoms with Gasteiger partial charge in [-0.3, -0.25) is 9.69 Å². The number of benzene rings is 1. The molecule has 0 spiro atoms. The van der Waals surface area contributed by atoms with Crippen LogP contribution in [0.3, 0.4) is 0 Å². The van der Waals surface area contributed by atoms with E-state index < -0.39 is 10.0 Å². The lowest BCUT2D eigenvalue weighted by atomic mass is 10.1. The lowest BCUT2D eigenvalue weighted by Gasteiger charge is -2.30. The second-order valence-electron chi connectivity index (χ2n) is 7.67. The van der Waals surface area contributed by atoms with E-state index in [1.54, 1.807) is 12.1 Å². The molecule has 2 rings (SSSR count). The normalized spacial score (nSPS) is 16.1. The molecule has 158 valence electrons. The Balaban J connectivity index is 2.11. The van der Waals surface area contributed by atoms with Crippen molar-refractivity contribution < 1.29 is 17.9 Å². The highest BCUT2D eigenvalue weighted by atomic mass is 32.2. The highest BCUT2D eigenvalue weighted by Crippen LogP contribution is 2.20. The van der Waals surface area contributed by atoms with Gasteiger partial charge >= 0.3 is 0 Å². The molecule has 1 N–H and O–H groups in total. The summed E-state index contributed by atoms with van der Waals surface area (Å²) in [6.07, 6.45) is 0. The van der Waals surface area contributed by atoms with Crippen LogP contribution in [0, 0.1) is 6.92 Å². The Kier molecular flexibility index (Phi) is 8.00. The second-order valence-corrected chi connectivity index (χ2v) is 9.61. The number of sulfonamides is 1. The van der Waals surface area contributed by atoms with E-state index in [0.29, 0.717) is 50.5 Å². The fraction of sp³-hybridized carbons (Fsp3) is 0.650. The van der Waals surface area contributed by atoms with Crippen LogP contribution in [-0.4, -0.2) is 75.0 Å². The average Bonchev–Trinajstić information content (AvgIpc) is 2.65. The Morgan fingerprint density at radius 3 is 2.36 bits per heavy atom. The van der Waals surface area contributed by atoms with Crippen LogP contribution in [0.25, 0.3) is 0 Å². The molecule has 1 aliphatic rings. The summed E-state index contributed by atoms with van der Waals surface area (Å²) in [5.74, 6) is -0.246. The maximum Gasteiger partial charge on any atom is 0.251 e. The largest absolute Gasteiger partial charge is 0.379 e. The summed E-state index contributed by atoms with van der Waals surface area (Å²) in [7, 11) is -3.63. The molecule has 1 aromatic carbocycles. The molecular weight excluding hydrogens is 378 g/mol. The quantitative estimate of drug-likeness (QED) is 0.706. The first-order valence-electron chi connectivity index (χ1n) is 9.87. The van der Waals surface area contributed by atoms with Gasteiger partial charge in [0.05, 0.1) is 18.1 Å². The molecule has 1 fully saturated rings. The molecule has 8 heteroatoms. The number of aryl methyl sites for hydroxylation is 1. The average molecular weight is 412 g/mol. The van der Waals surface area contributed by atoms with E-state index in [0.717, 1.165) is 12.1 Å². The zero-order chi connectivity index (χ0) is 20.9.